The van der Waals surface area contributed by atoms with Crippen molar-refractivity contribution in [3.63, 3.8) is 0 Å². The number of ether oxygens (including phenoxy) is 2. The highest BCUT2D eigenvalue weighted by Gasteiger charge is 2.08. The molecule has 0 unspecified atom stereocenters. The lowest BCUT2D eigenvalue weighted by molar-refractivity contribution is 0.0293. The summed E-state index contributed by atoms with van der Waals surface area (Å²) < 4.78 is 10.5. The molecule has 0 bridgehead atoms. The van der Waals surface area contributed by atoms with E-state index < -0.39 is 0 Å². The highest BCUT2D eigenvalue weighted by atomic mass is 16.5. The van der Waals surface area contributed by atoms with Gasteiger partial charge < -0.3 is 9.47 Å². The second kappa shape index (κ2) is 6.69. The Morgan fingerprint density at radius 1 is 1.38 bits per heavy atom. The predicted octanol–water partition coefficient (Wildman–Crippen LogP) is 1.03. The molecule has 1 fully saturated rings. The van der Waals surface area contributed by atoms with Crippen LogP contribution in [0.15, 0.2) is 25.0 Å². The molecule has 0 aromatic rings. The summed E-state index contributed by atoms with van der Waals surface area (Å²) in [6.07, 6.45) is 5.17. The highest BCUT2D eigenvalue weighted by Crippen LogP contribution is 1.95. The van der Waals surface area contributed by atoms with Crippen LogP contribution in [0, 0.1) is 0 Å². The van der Waals surface area contributed by atoms with E-state index in [0.717, 1.165) is 39.5 Å². The molecule has 0 N–H and O–H groups in total. The van der Waals surface area contributed by atoms with Gasteiger partial charge in [0.1, 0.15) is 0 Å². The van der Waals surface area contributed by atoms with E-state index in [0.29, 0.717) is 0 Å². The van der Waals surface area contributed by atoms with E-state index in [2.05, 4.69) is 11.5 Å². The lowest BCUT2D eigenvalue weighted by Crippen LogP contribution is -2.38. The van der Waals surface area contributed by atoms with Crippen molar-refractivity contribution < 1.29 is 9.47 Å². The van der Waals surface area contributed by atoms with Gasteiger partial charge in [-0.1, -0.05) is 12.7 Å². The van der Waals surface area contributed by atoms with E-state index in [-0.39, 0.29) is 0 Å². The summed E-state index contributed by atoms with van der Waals surface area (Å²) in [5.74, 6) is 0. The van der Waals surface area contributed by atoms with Gasteiger partial charge in [-0.15, -0.1) is 0 Å². The Kier molecular flexibility index (Phi) is 5.29. The fourth-order valence-electron chi connectivity index (χ4n) is 1.19. The molecule has 1 rings (SSSR count). The Hall–Kier alpha value is -0.800. The van der Waals surface area contributed by atoms with Gasteiger partial charge in [0.05, 0.1) is 26.1 Å². The first-order chi connectivity index (χ1) is 6.43. The first-order valence-electron chi connectivity index (χ1n) is 4.63. The van der Waals surface area contributed by atoms with Gasteiger partial charge in [0.2, 0.25) is 0 Å². The predicted molar refractivity (Wildman–Crippen MR) is 52.5 cm³/mol. The molecule has 0 amide bonds. The number of morpholine rings is 1. The molecule has 1 aliphatic heterocycles. The van der Waals surface area contributed by atoms with Crippen molar-refractivity contribution in [1.82, 2.24) is 4.90 Å². The maximum absolute atomic E-state index is 5.24. The Morgan fingerprint density at radius 3 is 2.85 bits per heavy atom. The summed E-state index contributed by atoms with van der Waals surface area (Å²) in [5.41, 5.74) is 0. The molecule has 1 saturated heterocycles. The summed E-state index contributed by atoms with van der Waals surface area (Å²) in [7, 11) is 0. The van der Waals surface area contributed by atoms with Crippen LogP contribution in [-0.4, -0.2) is 44.4 Å². The highest BCUT2D eigenvalue weighted by molar-refractivity contribution is 4.92. The Morgan fingerprint density at radius 2 is 2.15 bits per heavy atom. The zero-order valence-electron chi connectivity index (χ0n) is 7.95. The molecule has 1 heterocycles. The summed E-state index contributed by atoms with van der Waals surface area (Å²) in [4.78, 5) is 2.34. The van der Waals surface area contributed by atoms with Crippen molar-refractivity contribution in [2.45, 2.75) is 0 Å². The minimum absolute atomic E-state index is 0.740. The van der Waals surface area contributed by atoms with Crippen LogP contribution in [0.2, 0.25) is 0 Å². The maximum Gasteiger partial charge on any atom is 0.1000 e. The zero-order valence-corrected chi connectivity index (χ0v) is 7.95. The molecule has 0 atom stereocenters. The number of nitrogens with zero attached hydrogens (tertiary/aromatic N) is 1. The molecule has 0 aromatic carbocycles. The molecule has 0 aliphatic carbocycles. The number of allylic oxidation sites excluding steroid dienone is 2. The molecule has 3 heteroatoms. The standard InChI is InChI=1S/C10H17NO2/c1-2-3-7-12-8-4-11-5-9-13-10-6-11/h2-3,7H,1,4-6,8-10H2/b7-3+. The van der Waals surface area contributed by atoms with Gasteiger partial charge in [0.15, 0.2) is 0 Å². The minimum Gasteiger partial charge on any atom is -0.500 e. The van der Waals surface area contributed by atoms with Crippen LogP contribution < -0.4 is 0 Å². The third kappa shape index (κ3) is 4.70. The largest absolute Gasteiger partial charge is 0.500 e. The molecule has 0 radical (unpaired) electrons. The van der Waals surface area contributed by atoms with Crippen LogP contribution in [-0.2, 0) is 9.47 Å². The van der Waals surface area contributed by atoms with Gasteiger partial charge >= 0.3 is 0 Å². The van der Waals surface area contributed by atoms with Crippen LogP contribution >= 0.6 is 0 Å². The first-order valence-corrected chi connectivity index (χ1v) is 4.63. The molecule has 0 spiro atoms. The molecular formula is C10H17NO2. The summed E-state index contributed by atoms with van der Waals surface area (Å²) in [5, 5.41) is 0. The average Bonchev–Trinajstić information content (AvgIpc) is 2.19. The molecule has 1 aliphatic rings. The fraction of sp³-hybridized carbons (Fsp3) is 0.600. The molecular weight excluding hydrogens is 166 g/mol. The Bertz CT molecular complexity index is 162. The monoisotopic (exact) mass is 183 g/mol. The Balaban J connectivity index is 1.97. The zero-order chi connectivity index (χ0) is 9.36. The van der Waals surface area contributed by atoms with Crippen LogP contribution in [0.1, 0.15) is 0 Å². The van der Waals surface area contributed by atoms with Gasteiger partial charge in [-0.05, 0) is 6.08 Å². The van der Waals surface area contributed by atoms with E-state index >= 15 is 0 Å². The lowest BCUT2D eigenvalue weighted by atomic mass is 10.4. The second-order valence-corrected chi connectivity index (χ2v) is 2.89. The van der Waals surface area contributed by atoms with E-state index in [9.17, 15) is 0 Å². The second-order valence-electron chi connectivity index (χ2n) is 2.89. The Labute approximate surface area is 79.6 Å². The summed E-state index contributed by atoms with van der Waals surface area (Å²) in [6.45, 7) is 9.02. The van der Waals surface area contributed by atoms with Crippen LogP contribution in [0.3, 0.4) is 0 Å². The minimum atomic E-state index is 0.740. The van der Waals surface area contributed by atoms with E-state index in [4.69, 9.17) is 9.47 Å². The fourth-order valence-corrected chi connectivity index (χ4v) is 1.19. The van der Waals surface area contributed by atoms with Crippen molar-refractivity contribution in [1.29, 1.82) is 0 Å². The maximum atomic E-state index is 5.24. The quantitative estimate of drug-likeness (QED) is 0.361. The number of hydrogen-bond acceptors (Lipinski definition) is 3. The van der Waals surface area contributed by atoms with Crippen molar-refractivity contribution in [2.75, 3.05) is 39.5 Å². The molecule has 13 heavy (non-hydrogen) atoms. The van der Waals surface area contributed by atoms with Gasteiger partial charge in [0.25, 0.3) is 0 Å². The van der Waals surface area contributed by atoms with Gasteiger partial charge in [-0.25, -0.2) is 0 Å². The molecule has 0 aromatic heterocycles. The SMILES string of the molecule is C=C/C=C/OCCN1CCOCC1. The van der Waals surface area contributed by atoms with Crippen LogP contribution in [0.25, 0.3) is 0 Å². The van der Waals surface area contributed by atoms with Crippen molar-refractivity contribution in [3.8, 4) is 0 Å². The average molecular weight is 183 g/mol. The molecule has 74 valence electrons. The van der Waals surface area contributed by atoms with Crippen LogP contribution in [0.4, 0.5) is 0 Å². The third-order valence-electron chi connectivity index (χ3n) is 1.94. The van der Waals surface area contributed by atoms with E-state index in [1.165, 1.54) is 0 Å². The lowest BCUT2D eigenvalue weighted by Gasteiger charge is -2.25. The van der Waals surface area contributed by atoms with Crippen molar-refractivity contribution >= 4 is 0 Å². The number of rotatable bonds is 5. The van der Waals surface area contributed by atoms with E-state index in [1.807, 2.05) is 0 Å². The van der Waals surface area contributed by atoms with E-state index in [1.54, 1.807) is 18.4 Å². The van der Waals surface area contributed by atoms with Gasteiger partial charge in [-0.2, -0.15) is 0 Å². The normalized spacial score (nSPS) is 19.1. The van der Waals surface area contributed by atoms with Gasteiger partial charge in [-0.3, -0.25) is 4.90 Å². The van der Waals surface area contributed by atoms with Crippen molar-refractivity contribution in [3.05, 3.63) is 25.0 Å². The summed E-state index contributed by atoms with van der Waals surface area (Å²) >= 11 is 0. The smallest absolute Gasteiger partial charge is 0.1000 e. The van der Waals surface area contributed by atoms with Crippen molar-refractivity contribution in [2.24, 2.45) is 0 Å². The third-order valence-corrected chi connectivity index (χ3v) is 1.94. The molecule has 0 saturated carbocycles. The topological polar surface area (TPSA) is 21.7 Å². The first kappa shape index (κ1) is 10.3. The molecule has 3 nitrogen and oxygen atoms in total. The summed E-state index contributed by atoms with van der Waals surface area (Å²) in [6, 6.07) is 0. The van der Waals surface area contributed by atoms with Gasteiger partial charge in [0, 0.05) is 19.6 Å². The number of hydrogen-bond donors (Lipinski definition) is 0. The van der Waals surface area contributed by atoms with Crippen LogP contribution in [0.5, 0.6) is 0 Å².